The van der Waals surface area contributed by atoms with Crippen LogP contribution in [0.5, 0.6) is 0 Å². The summed E-state index contributed by atoms with van der Waals surface area (Å²) < 4.78 is 4.76. The molecule has 0 N–H and O–H groups in total. The van der Waals surface area contributed by atoms with Crippen LogP contribution in [0, 0.1) is 6.92 Å². The first-order valence-electron chi connectivity index (χ1n) is 11.4. The number of aromatic nitrogens is 3. The molecule has 1 atom stereocenters. The maximum atomic E-state index is 4.62. The highest BCUT2D eigenvalue weighted by Crippen LogP contribution is 2.36. The molecule has 3 heterocycles. The summed E-state index contributed by atoms with van der Waals surface area (Å²) in [5.74, 6) is 2.40. The van der Waals surface area contributed by atoms with E-state index in [0.29, 0.717) is 0 Å². The quantitative estimate of drug-likeness (QED) is 0.304. The molecule has 3 aromatic carbocycles. The Labute approximate surface area is 202 Å². The number of hydrogen-bond donors (Lipinski definition) is 0. The van der Waals surface area contributed by atoms with Crippen LogP contribution in [0.3, 0.4) is 0 Å². The molecule has 0 spiro atoms. The van der Waals surface area contributed by atoms with Crippen LogP contribution < -0.4 is 0 Å². The van der Waals surface area contributed by atoms with Crippen molar-refractivity contribution >= 4 is 43.3 Å². The molecule has 1 unspecified atom stereocenters. The SMILES string of the molecule is Cc1ccc(-c2cn(C(CN3CCSCC3)c3ccc4sc5ccccc5c4c3)nn2)cc1. The molecule has 0 bridgehead atoms. The van der Waals surface area contributed by atoms with Gasteiger partial charge < -0.3 is 0 Å². The number of hydrogen-bond acceptors (Lipinski definition) is 5. The van der Waals surface area contributed by atoms with E-state index in [2.05, 4.69) is 99.7 Å². The van der Waals surface area contributed by atoms with Gasteiger partial charge in [-0.25, -0.2) is 4.68 Å². The van der Waals surface area contributed by atoms with Gasteiger partial charge in [-0.3, -0.25) is 4.90 Å². The highest BCUT2D eigenvalue weighted by Gasteiger charge is 2.22. The van der Waals surface area contributed by atoms with Crippen molar-refractivity contribution in [1.82, 2.24) is 19.9 Å². The Kier molecular flexibility index (Phi) is 5.66. The lowest BCUT2D eigenvalue weighted by atomic mass is 10.0. The lowest BCUT2D eigenvalue weighted by molar-refractivity contribution is 0.260. The zero-order chi connectivity index (χ0) is 22.2. The van der Waals surface area contributed by atoms with Crippen molar-refractivity contribution in [2.45, 2.75) is 13.0 Å². The molecule has 5 aromatic rings. The van der Waals surface area contributed by atoms with Crippen LogP contribution in [-0.4, -0.2) is 51.0 Å². The molecule has 1 saturated heterocycles. The Hall–Kier alpha value is -2.67. The number of aryl methyl sites for hydroxylation is 1. The van der Waals surface area contributed by atoms with Crippen molar-refractivity contribution in [1.29, 1.82) is 0 Å². The topological polar surface area (TPSA) is 34.0 Å². The Balaban J connectivity index is 1.41. The van der Waals surface area contributed by atoms with Crippen LogP contribution in [0.1, 0.15) is 17.2 Å². The lowest BCUT2D eigenvalue weighted by Gasteiger charge is -2.30. The van der Waals surface area contributed by atoms with Gasteiger partial charge in [0, 0.05) is 56.9 Å². The molecular formula is C27H26N4S2. The largest absolute Gasteiger partial charge is 0.299 e. The van der Waals surface area contributed by atoms with Crippen LogP contribution in [-0.2, 0) is 0 Å². The number of fused-ring (bicyclic) bond motifs is 3. The van der Waals surface area contributed by atoms with Gasteiger partial charge in [0.15, 0.2) is 0 Å². The fourth-order valence-electron chi connectivity index (χ4n) is 4.61. The van der Waals surface area contributed by atoms with Crippen molar-refractivity contribution in [3.8, 4) is 11.3 Å². The molecule has 4 nitrogen and oxygen atoms in total. The molecule has 1 aliphatic heterocycles. The summed E-state index contributed by atoms with van der Waals surface area (Å²) >= 11 is 3.92. The van der Waals surface area contributed by atoms with E-state index < -0.39 is 0 Å². The van der Waals surface area contributed by atoms with E-state index >= 15 is 0 Å². The zero-order valence-corrected chi connectivity index (χ0v) is 20.3. The Morgan fingerprint density at radius 2 is 1.70 bits per heavy atom. The molecule has 2 aromatic heterocycles. The summed E-state index contributed by atoms with van der Waals surface area (Å²) in [6.07, 6.45) is 2.12. The number of thioether (sulfide) groups is 1. The number of benzene rings is 3. The predicted molar refractivity (Wildman–Crippen MR) is 141 cm³/mol. The van der Waals surface area contributed by atoms with E-state index in [-0.39, 0.29) is 6.04 Å². The monoisotopic (exact) mass is 470 g/mol. The normalized spacial score (nSPS) is 15.9. The second kappa shape index (κ2) is 8.93. The highest BCUT2D eigenvalue weighted by molar-refractivity contribution is 7.99. The molecule has 1 fully saturated rings. The van der Waals surface area contributed by atoms with Crippen LogP contribution in [0.2, 0.25) is 0 Å². The third-order valence-corrected chi connectivity index (χ3v) is 8.59. The maximum Gasteiger partial charge on any atom is 0.113 e. The standard InChI is InChI=1S/C27H26N4S2/c1-19-6-8-20(9-7-19)24-17-31(29-28-24)25(18-30-12-14-32-15-13-30)21-10-11-27-23(16-21)22-4-2-3-5-26(22)33-27/h2-11,16-17,25H,12-15,18H2,1H3. The van der Waals surface area contributed by atoms with Crippen molar-refractivity contribution in [3.05, 3.63) is 84.1 Å². The summed E-state index contributed by atoms with van der Waals surface area (Å²) in [7, 11) is 0. The zero-order valence-electron chi connectivity index (χ0n) is 18.6. The van der Waals surface area contributed by atoms with Crippen molar-refractivity contribution in [3.63, 3.8) is 0 Å². The fraction of sp³-hybridized carbons (Fsp3) is 0.259. The average molecular weight is 471 g/mol. The fourth-order valence-corrected chi connectivity index (χ4v) is 6.67. The summed E-state index contributed by atoms with van der Waals surface area (Å²) in [5, 5.41) is 11.9. The predicted octanol–water partition coefficient (Wildman–Crippen LogP) is 6.26. The minimum absolute atomic E-state index is 0.128. The summed E-state index contributed by atoms with van der Waals surface area (Å²) in [5.41, 5.74) is 4.59. The molecule has 6 heteroatoms. The summed E-state index contributed by atoms with van der Waals surface area (Å²) in [4.78, 5) is 2.57. The molecule has 0 saturated carbocycles. The van der Waals surface area contributed by atoms with Crippen molar-refractivity contribution in [2.75, 3.05) is 31.1 Å². The van der Waals surface area contributed by atoms with Gasteiger partial charge in [-0.2, -0.15) is 11.8 Å². The van der Waals surface area contributed by atoms with Crippen LogP contribution >= 0.6 is 23.1 Å². The molecule has 0 amide bonds. The molecule has 166 valence electrons. The minimum Gasteiger partial charge on any atom is -0.299 e. The van der Waals surface area contributed by atoms with Gasteiger partial charge in [0.25, 0.3) is 0 Å². The van der Waals surface area contributed by atoms with E-state index in [1.807, 2.05) is 23.1 Å². The Morgan fingerprint density at radius 1 is 0.909 bits per heavy atom. The Morgan fingerprint density at radius 3 is 2.55 bits per heavy atom. The van der Waals surface area contributed by atoms with E-state index in [9.17, 15) is 0 Å². The first-order chi connectivity index (χ1) is 16.2. The number of nitrogens with zero attached hydrogens (tertiary/aromatic N) is 4. The van der Waals surface area contributed by atoms with E-state index in [1.54, 1.807) is 0 Å². The molecule has 1 aliphatic rings. The van der Waals surface area contributed by atoms with E-state index in [0.717, 1.165) is 30.9 Å². The average Bonchev–Trinajstić information content (AvgIpc) is 3.48. The van der Waals surface area contributed by atoms with Crippen LogP contribution in [0.15, 0.2) is 72.9 Å². The summed E-state index contributed by atoms with van der Waals surface area (Å²) in [6.45, 7) is 5.32. The highest BCUT2D eigenvalue weighted by atomic mass is 32.2. The third kappa shape index (κ3) is 4.19. The van der Waals surface area contributed by atoms with E-state index in [1.165, 1.54) is 42.8 Å². The Bertz CT molecular complexity index is 1400. The maximum absolute atomic E-state index is 4.62. The van der Waals surface area contributed by atoms with E-state index in [4.69, 9.17) is 0 Å². The number of thiophene rings is 1. The summed E-state index contributed by atoms with van der Waals surface area (Å²) in [6, 6.07) is 24.3. The molecule has 6 rings (SSSR count). The van der Waals surface area contributed by atoms with Gasteiger partial charge in [-0.1, -0.05) is 59.3 Å². The third-order valence-electron chi connectivity index (χ3n) is 6.50. The molecule has 0 radical (unpaired) electrons. The van der Waals surface area contributed by atoms with Gasteiger partial charge in [0.2, 0.25) is 0 Å². The lowest BCUT2D eigenvalue weighted by Crippen LogP contribution is -2.37. The molecule has 0 aliphatic carbocycles. The van der Waals surface area contributed by atoms with Crippen molar-refractivity contribution in [2.24, 2.45) is 0 Å². The minimum atomic E-state index is 0.128. The second-order valence-corrected chi connectivity index (χ2v) is 11.0. The smallest absolute Gasteiger partial charge is 0.113 e. The second-order valence-electron chi connectivity index (χ2n) is 8.73. The van der Waals surface area contributed by atoms with Crippen molar-refractivity contribution < 1.29 is 0 Å². The van der Waals surface area contributed by atoms with Gasteiger partial charge in [-0.05, 0) is 30.7 Å². The van der Waals surface area contributed by atoms with Gasteiger partial charge in [0.1, 0.15) is 5.69 Å². The van der Waals surface area contributed by atoms with Gasteiger partial charge in [-0.15, -0.1) is 16.4 Å². The van der Waals surface area contributed by atoms with Gasteiger partial charge in [0.05, 0.1) is 12.2 Å². The molecular weight excluding hydrogens is 444 g/mol. The molecule has 33 heavy (non-hydrogen) atoms. The van der Waals surface area contributed by atoms with Gasteiger partial charge >= 0.3 is 0 Å². The van der Waals surface area contributed by atoms with Crippen LogP contribution in [0.25, 0.3) is 31.4 Å². The number of rotatable bonds is 5. The first kappa shape index (κ1) is 20.9. The van der Waals surface area contributed by atoms with Crippen LogP contribution in [0.4, 0.5) is 0 Å². The first-order valence-corrected chi connectivity index (χ1v) is 13.4.